The second-order valence-electron chi connectivity index (χ2n) is 5.42. The summed E-state index contributed by atoms with van der Waals surface area (Å²) < 4.78 is 53.1. The Balaban J connectivity index is 1.88. The van der Waals surface area contributed by atoms with Gasteiger partial charge in [0, 0.05) is 0 Å². The van der Waals surface area contributed by atoms with E-state index in [0.717, 1.165) is 12.1 Å². The molecule has 5 nitrogen and oxygen atoms in total. The summed E-state index contributed by atoms with van der Waals surface area (Å²) in [5.41, 5.74) is -0.197. The van der Waals surface area contributed by atoms with Crippen LogP contribution in [0.5, 0.6) is 0 Å². The van der Waals surface area contributed by atoms with Crippen molar-refractivity contribution in [1.82, 2.24) is 14.8 Å². The lowest BCUT2D eigenvalue weighted by atomic mass is 10.1. The number of nitrogens with one attached hydrogen (secondary N) is 1. The van der Waals surface area contributed by atoms with Crippen molar-refractivity contribution in [3.8, 4) is 5.69 Å². The van der Waals surface area contributed by atoms with Gasteiger partial charge in [0.2, 0.25) is 5.91 Å². The zero-order valence-electron chi connectivity index (χ0n) is 13.2. The first kappa shape index (κ1) is 17.6. The third-order valence-corrected chi connectivity index (χ3v) is 3.54. The molecule has 1 aromatic heterocycles. The average molecular weight is 364 g/mol. The standard InChI is InChI=1S/C17H12F4N4O/c18-13-4-1-11(2-5-13)7-16(26)24-14-8-12(17(19,20)21)3-6-15(14)25-10-22-9-23-25/h1-6,8-10H,7H2,(H,24,26). The SMILES string of the molecule is O=C(Cc1ccc(F)cc1)Nc1cc(C(F)(F)F)ccc1-n1cncn1. The maximum Gasteiger partial charge on any atom is 0.416 e. The van der Waals surface area contributed by atoms with E-state index in [1.165, 1.54) is 47.7 Å². The normalized spacial score (nSPS) is 11.4. The van der Waals surface area contributed by atoms with Crippen molar-refractivity contribution in [3.63, 3.8) is 0 Å². The molecule has 134 valence electrons. The molecule has 26 heavy (non-hydrogen) atoms. The number of carbonyl (C=O) groups excluding carboxylic acids is 1. The number of carbonyl (C=O) groups is 1. The molecule has 0 aliphatic rings. The van der Waals surface area contributed by atoms with E-state index in [-0.39, 0.29) is 17.8 Å². The predicted octanol–water partition coefficient (Wildman–Crippen LogP) is 3.61. The molecule has 0 bridgehead atoms. The summed E-state index contributed by atoms with van der Waals surface area (Å²) in [6.07, 6.45) is -2.15. The Hall–Kier alpha value is -3.23. The van der Waals surface area contributed by atoms with Crippen LogP contribution >= 0.6 is 0 Å². The number of alkyl halides is 3. The van der Waals surface area contributed by atoms with Gasteiger partial charge >= 0.3 is 6.18 Å². The first-order valence-corrected chi connectivity index (χ1v) is 7.43. The number of benzene rings is 2. The molecule has 0 fully saturated rings. The molecule has 9 heteroatoms. The number of hydrogen-bond acceptors (Lipinski definition) is 3. The number of anilines is 1. The third kappa shape index (κ3) is 4.05. The molecule has 3 aromatic rings. The van der Waals surface area contributed by atoms with Crippen molar-refractivity contribution >= 4 is 11.6 Å². The fourth-order valence-corrected chi connectivity index (χ4v) is 2.33. The van der Waals surface area contributed by atoms with Gasteiger partial charge in [0.05, 0.1) is 23.4 Å². The Labute approximate surface area is 145 Å². The van der Waals surface area contributed by atoms with E-state index in [2.05, 4.69) is 15.4 Å². The molecule has 3 rings (SSSR count). The molecular weight excluding hydrogens is 352 g/mol. The minimum absolute atomic E-state index is 0.0579. The zero-order chi connectivity index (χ0) is 18.7. The summed E-state index contributed by atoms with van der Waals surface area (Å²) in [5, 5.41) is 6.32. The first-order chi connectivity index (χ1) is 12.3. The van der Waals surface area contributed by atoms with Crippen molar-refractivity contribution in [2.75, 3.05) is 5.32 Å². The highest BCUT2D eigenvalue weighted by atomic mass is 19.4. The minimum Gasteiger partial charge on any atom is -0.324 e. The predicted molar refractivity (Wildman–Crippen MR) is 85.1 cm³/mol. The van der Waals surface area contributed by atoms with Crippen molar-refractivity contribution in [1.29, 1.82) is 0 Å². The molecule has 0 saturated heterocycles. The van der Waals surface area contributed by atoms with Crippen LogP contribution in [0.2, 0.25) is 0 Å². The molecule has 0 aliphatic carbocycles. The molecule has 0 aliphatic heterocycles. The van der Waals surface area contributed by atoms with Gasteiger partial charge in [-0.15, -0.1) is 0 Å². The van der Waals surface area contributed by atoms with Gasteiger partial charge in [-0.05, 0) is 35.9 Å². The van der Waals surface area contributed by atoms with Crippen molar-refractivity contribution in [3.05, 3.63) is 72.1 Å². The molecule has 1 amide bonds. The number of rotatable bonds is 4. The van der Waals surface area contributed by atoms with Crippen LogP contribution in [0.25, 0.3) is 5.69 Å². The van der Waals surface area contributed by atoms with Gasteiger partial charge in [-0.25, -0.2) is 14.1 Å². The fourth-order valence-electron chi connectivity index (χ4n) is 2.33. The summed E-state index contributed by atoms with van der Waals surface area (Å²) in [6.45, 7) is 0. The molecule has 0 saturated carbocycles. The van der Waals surface area contributed by atoms with Crippen LogP contribution in [-0.4, -0.2) is 20.7 Å². The monoisotopic (exact) mass is 364 g/mol. The van der Waals surface area contributed by atoms with E-state index in [1.807, 2.05) is 0 Å². The minimum atomic E-state index is -4.56. The molecule has 2 aromatic carbocycles. The molecular formula is C17H12F4N4O. The van der Waals surface area contributed by atoms with Crippen LogP contribution in [0.15, 0.2) is 55.1 Å². The van der Waals surface area contributed by atoms with Gasteiger partial charge in [0.25, 0.3) is 0 Å². The van der Waals surface area contributed by atoms with E-state index in [0.29, 0.717) is 5.56 Å². The number of amides is 1. The summed E-state index contributed by atoms with van der Waals surface area (Å²) in [5.74, 6) is -0.988. The number of aromatic nitrogens is 3. The maximum absolute atomic E-state index is 13.0. The zero-order valence-corrected chi connectivity index (χ0v) is 13.2. The lowest BCUT2D eigenvalue weighted by molar-refractivity contribution is -0.137. The number of halogens is 4. The smallest absolute Gasteiger partial charge is 0.324 e. The Bertz CT molecular complexity index is 906. The molecule has 0 atom stereocenters. The van der Waals surface area contributed by atoms with Crippen molar-refractivity contribution < 1.29 is 22.4 Å². The molecule has 1 heterocycles. The van der Waals surface area contributed by atoms with Crippen LogP contribution in [0, 0.1) is 5.82 Å². The topological polar surface area (TPSA) is 59.8 Å². The molecule has 1 N–H and O–H groups in total. The Morgan fingerprint density at radius 2 is 1.85 bits per heavy atom. The second kappa shape index (κ2) is 6.95. The van der Waals surface area contributed by atoms with E-state index in [9.17, 15) is 22.4 Å². The lowest BCUT2D eigenvalue weighted by Gasteiger charge is -2.14. The number of hydrogen-bond donors (Lipinski definition) is 1. The first-order valence-electron chi connectivity index (χ1n) is 7.43. The highest BCUT2D eigenvalue weighted by molar-refractivity contribution is 5.94. The van der Waals surface area contributed by atoms with Crippen LogP contribution < -0.4 is 5.32 Å². The average Bonchev–Trinajstić information content (AvgIpc) is 3.10. The third-order valence-electron chi connectivity index (χ3n) is 3.54. The van der Waals surface area contributed by atoms with E-state index in [4.69, 9.17) is 0 Å². The van der Waals surface area contributed by atoms with Crippen LogP contribution in [0.4, 0.5) is 23.2 Å². The lowest BCUT2D eigenvalue weighted by Crippen LogP contribution is -2.17. The largest absolute Gasteiger partial charge is 0.416 e. The summed E-state index contributed by atoms with van der Waals surface area (Å²) in [7, 11) is 0. The fraction of sp³-hybridized carbons (Fsp3) is 0.118. The summed E-state index contributed by atoms with van der Waals surface area (Å²) in [4.78, 5) is 16.0. The van der Waals surface area contributed by atoms with Crippen molar-refractivity contribution in [2.45, 2.75) is 12.6 Å². The maximum atomic E-state index is 13.0. The van der Waals surface area contributed by atoms with Gasteiger partial charge in [0.15, 0.2) is 0 Å². The highest BCUT2D eigenvalue weighted by Gasteiger charge is 2.31. The Morgan fingerprint density at radius 1 is 1.12 bits per heavy atom. The Kier molecular flexibility index (Phi) is 4.70. The molecule has 0 radical (unpaired) electrons. The number of nitrogens with zero attached hydrogens (tertiary/aromatic N) is 3. The van der Waals surface area contributed by atoms with Crippen molar-refractivity contribution in [2.24, 2.45) is 0 Å². The van der Waals surface area contributed by atoms with Gasteiger partial charge < -0.3 is 5.32 Å². The summed E-state index contributed by atoms with van der Waals surface area (Å²) >= 11 is 0. The van der Waals surface area contributed by atoms with Crippen LogP contribution in [0.3, 0.4) is 0 Å². The van der Waals surface area contributed by atoms with E-state index in [1.54, 1.807) is 0 Å². The second-order valence-corrected chi connectivity index (χ2v) is 5.42. The van der Waals surface area contributed by atoms with E-state index >= 15 is 0 Å². The summed E-state index contributed by atoms with van der Waals surface area (Å²) in [6, 6.07) is 8.19. The molecule has 0 spiro atoms. The van der Waals surface area contributed by atoms with Crippen LogP contribution in [0.1, 0.15) is 11.1 Å². The Morgan fingerprint density at radius 3 is 2.46 bits per heavy atom. The van der Waals surface area contributed by atoms with Crippen LogP contribution in [-0.2, 0) is 17.4 Å². The van der Waals surface area contributed by atoms with Gasteiger partial charge in [-0.1, -0.05) is 12.1 Å². The molecule has 0 unspecified atom stereocenters. The van der Waals surface area contributed by atoms with Gasteiger partial charge in [0.1, 0.15) is 18.5 Å². The van der Waals surface area contributed by atoms with E-state index < -0.39 is 23.5 Å². The highest BCUT2D eigenvalue weighted by Crippen LogP contribution is 2.33. The van der Waals surface area contributed by atoms with Gasteiger partial charge in [-0.2, -0.15) is 18.3 Å². The van der Waals surface area contributed by atoms with Gasteiger partial charge in [-0.3, -0.25) is 4.79 Å². The quantitative estimate of drug-likeness (QED) is 0.720.